The molecule has 0 aliphatic heterocycles. The van der Waals surface area contributed by atoms with E-state index in [2.05, 4.69) is 5.32 Å². The van der Waals surface area contributed by atoms with Gasteiger partial charge in [0, 0.05) is 17.3 Å². The van der Waals surface area contributed by atoms with E-state index in [9.17, 15) is 13.2 Å². The number of sulfonamides is 1. The lowest BCUT2D eigenvalue weighted by Gasteiger charge is -2.10. The maximum Gasteiger partial charge on any atom is 0.255 e. The normalized spacial score (nSPS) is 11.0. The minimum absolute atomic E-state index is 0.0733. The number of hydrogen-bond acceptors (Lipinski definition) is 4. The lowest BCUT2D eigenvalue weighted by molar-refractivity contribution is 0.102. The van der Waals surface area contributed by atoms with Crippen molar-refractivity contribution in [3.05, 3.63) is 48.0 Å². The van der Waals surface area contributed by atoms with E-state index < -0.39 is 10.0 Å². The summed E-state index contributed by atoms with van der Waals surface area (Å²) < 4.78 is 27.8. The Bertz CT molecular complexity index is 804. The standard InChI is InChI=1S/C14H15BN2O4S/c1-21-12-8-11(6-7-13(12)22(16,19)20)17-14(18)9-2-4-10(15)5-3-9/h2-8H,15H2,1H3,(H,17,18)(H2,16,19,20). The Labute approximate surface area is 129 Å². The van der Waals surface area contributed by atoms with Gasteiger partial charge in [-0.25, -0.2) is 13.6 Å². The number of benzene rings is 2. The second kappa shape index (κ2) is 6.21. The topological polar surface area (TPSA) is 98.5 Å². The number of methoxy groups -OCH3 is 1. The van der Waals surface area contributed by atoms with Gasteiger partial charge in [-0.05, 0) is 12.1 Å². The summed E-state index contributed by atoms with van der Waals surface area (Å²) in [5.74, 6) is -0.227. The molecule has 1 amide bonds. The van der Waals surface area contributed by atoms with Crippen LogP contribution in [0.4, 0.5) is 5.69 Å². The first-order chi connectivity index (χ1) is 10.3. The first-order valence-corrected chi connectivity index (χ1v) is 7.95. The Morgan fingerprint density at radius 1 is 1.18 bits per heavy atom. The van der Waals surface area contributed by atoms with E-state index in [1.54, 1.807) is 12.1 Å². The van der Waals surface area contributed by atoms with Gasteiger partial charge in [-0.3, -0.25) is 4.79 Å². The zero-order valence-corrected chi connectivity index (χ0v) is 13.0. The molecule has 6 nitrogen and oxygen atoms in total. The van der Waals surface area contributed by atoms with Crippen LogP contribution in [0.25, 0.3) is 0 Å². The molecular formula is C14H15BN2O4S. The molecule has 0 radical (unpaired) electrons. The maximum atomic E-state index is 12.1. The molecule has 2 aromatic rings. The highest BCUT2D eigenvalue weighted by Gasteiger charge is 2.16. The number of hydrogen-bond donors (Lipinski definition) is 2. The van der Waals surface area contributed by atoms with E-state index in [0.717, 1.165) is 5.46 Å². The number of amides is 1. The van der Waals surface area contributed by atoms with Crippen LogP contribution in [0.2, 0.25) is 0 Å². The fourth-order valence-electron chi connectivity index (χ4n) is 1.89. The number of primary sulfonamides is 1. The zero-order chi connectivity index (χ0) is 16.3. The molecule has 0 fully saturated rings. The molecule has 0 atom stereocenters. The van der Waals surface area contributed by atoms with Crippen molar-refractivity contribution in [3.8, 4) is 5.75 Å². The fourth-order valence-corrected chi connectivity index (χ4v) is 2.57. The summed E-state index contributed by atoms with van der Waals surface area (Å²) >= 11 is 0. The van der Waals surface area contributed by atoms with Crippen LogP contribution >= 0.6 is 0 Å². The Hall–Kier alpha value is -2.32. The van der Waals surface area contributed by atoms with Crippen molar-refractivity contribution in [2.45, 2.75) is 4.90 Å². The van der Waals surface area contributed by atoms with Gasteiger partial charge >= 0.3 is 0 Å². The van der Waals surface area contributed by atoms with Gasteiger partial charge in [0.25, 0.3) is 5.91 Å². The molecule has 22 heavy (non-hydrogen) atoms. The van der Waals surface area contributed by atoms with Crippen LogP contribution in [0.1, 0.15) is 10.4 Å². The van der Waals surface area contributed by atoms with E-state index >= 15 is 0 Å². The van der Waals surface area contributed by atoms with Crippen LogP contribution in [-0.2, 0) is 10.0 Å². The Morgan fingerprint density at radius 3 is 2.36 bits per heavy atom. The summed E-state index contributed by atoms with van der Waals surface area (Å²) in [5, 5.41) is 7.77. The van der Waals surface area contributed by atoms with Crippen molar-refractivity contribution in [1.82, 2.24) is 0 Å². The third kappa shape index (κ3) is 3.66. The molecule has 2 aromatic carbocycles. The number of anilines is 1. The number of rotatable bonds is 4. The number of carbonyl (C=O) groups is 1. The highest BCUT2D eigenvalue weighted by Crippen LogP contribution is 2.26. The molecule has 0 unspecified atom stereocenters. The summed E-state index contributed by atoms with van der Waals surface area (Å²) in [5.41, 5.74) is 1.96. The predicted octanol–water partition coefficient (Wildman–Crippen LogP) is -0.147. The summed E-state index contributed by atoms with van der Waals surface area (Å²) in [6, 6.07) is 11.2. The van der Waals surface area contributed by atoms with Crippen molar-refractivity contribution in [2.75, 3.05) is 12.4 Å². The molecule has 0 spiro atoms. The first kappa shape index (κ1) is 16.1. The minimum atomic E-state index is -3.89. The van der Waals surface area contributed by atoms with Gasteiger partial charge in [-0.15, -0.1) is 0 Å². The first-order valence-electron chi connectivity index (χ1n) is 6.40. The molecule has 0 heterocycles. The van der Waals surface area contributed by atoms with Crippen LogP contribution < -0.4 is 20.7 Å². The van der Waals surface area contributed by atoms with Gasteiger partial charge in [-0.1, -0.05) is 29.7 Å². The fraction of sp³-hybridized carbons (Fsp3) is 0.0714. The lowest BCUT2D eigenvalue weighted by Crippen LogP contribution is -2.15. The number of nitrogens with one attached hydrogen (secondary N) is 1. The lowest BCUT2D eigenvalue weighted by atomic mass is 9.95. The Kier molecular flexibility index (Phi) is 4.53. The van der Waals surface area contributed by atoms with Crippen molar-refractivity contribution in [1.29, 1.82) is 0 Å². The van der Waals surface area contributed by atoms with Crippen molar-refractivity contribution in [2.24, 2.45) is 5.14 Å². The summed E-state index contributed by atoms with van der Waals surface area (Å²) in [6.45, 7) is 0. The Morgan fingerprint density at radius 2 is 1.82 bits per heavy atom. The van der Waals surface area contributed by atoms with E-state index in [-0.39, 0.29) is 16.6 Å². The smallest absolute Gasteiger partial charge is 0.255 e. The predicted molar refractivity (Wildman–Crippen MR) is 86.9 cm³/mol. The summed E-state index contributed by atoms with van der Waals surface area (Å²) in [7, 11) is -0.627. The van der Waals surface area contributed by atoms with E-state index in [1.807, 2.05) is 20.0 Å². The van der Waals surface area contributed by atoms with Gasteiger partial charge in [-0.2, -0.15) is 0 Å². The third-order valence-corrected chi connectivity index (χ3v) is 3.99. The second-order valence-electron chi connectivity index (χ2n) is 4.73. The summed E-state index contributed by atoms with van der Waals surface area (Å²) in [4.78, 5) is 12.0. The molecule has 114 valence electrons. The van der Waals surface area contributed by atoms with Crippen molar-refractivity contribution in [3.63, 3.8) is 0 Å². The van der Waals surface area contributed by atoms with E-state index in [0.29, 0.717) is 11.3 Å². The minimum Gasteiger partial charge on any atom is -0.495 e. The number of nitrogens with two attached hydrogens (primary N) is 1. The van der Waals surface area contributed by atoms with Crippen LogP contribution in [0.5, 0.6) is 5.75 Å². The molecule has 2 rings (SSSR count). The SMILES string of the molecule is Bc1ccc(C(=O)Nc2ccc(S(N)(=O)=O)c(OC)c2)cc1. The van der Waals surface area contributed by atoms with Gasteiger partial charge in [0.2, 0.25) is 10.0 Å². The molecule has 0 saturated carbocycles. The average molecular weight is 318 g/mol. The van der Waals surface area contributed by atoms with Gasteiger partial charge in [0.15, 0.2) is 0 Å². The molecule has 0 bridgehead atoms. The van der Waals surface area contributed by atoms with Crippen molar-refractivity contribution < 1.29 is 17.9 Å². The van der Waals surface area contributed by atoms with Crippen LogP contribution in [0.3, 0.4) is 0 Å². The number of carbonyl (C=O) groups excluding carboxylic acids is 1. The molecule has 3 N–H and O–H groups in total. The molecule has 0 aromatic heterocycles. The Balaban J connectivity index is 2.27. The molecule has 8 heteroatoms. The number of ether oxygens (including phenoxy) is 1. The second-order valence-corrected chi connectivity index (χ2v) is 6.26. The molecule has 0 aliphatic rings. The highest BCUT2D eigenvalue weighted by molar-refractivity contribution is 7.89. The van der Waals surface area contributed by atoms with E-state index in [1.165, 1.54) is 25.3 Å². The molecule has 0 aliphatic carbocycles. The van der Waals surface area contributed by atoms with E-state index in [4.69, 9.17) is 9.88 Å². The van der Waals surface area contributed by atoms with Gasteiger partial charge < -0.3 is 10.1 Å². The highest BCUT2D eigenvalue weighted by atomic mass is 32.2. The van der Waals surface area contributed by atoms with Crippen LogP contribution in [0.15, 0.2) is 47.4 Å². The van der Waals surface area contributed by atoms with Gasteiger partial charge in [0.1, 0.15) is 18.5 Å². The average Bonchev–Trinajstić information content (AvgIpc) is 2.46. The van der Waals surface area contributed by atoms with Crippen LogP contribution in [0, 0.1) is 0 Å². The zero-order valence-electron chi connectivity index (χ0n) is 12.2. The maximum absolute atomic E-state index is 12.1. The third-order valence-electron chi connectivity index (χ3n) is 3.04. The van der Waals surface area contributed by atoms with Crippen molar-refractivity contribution >= 4 is 34.9 Å². The van der Waals surface area contributed by atoms with Crippen LogP contribution in [-0.4, -0.2) is 29.3 Å². The largest absolute Gasteiger partial charge is 0.495 e. The molecular weight excluding hydrogens is 303 g/mol. The quantitative estimate of drug-likeness (QED) is 0.766. The van der Waals surface area contributed by atoms with Gasteiger partial charge in [0.05, 0.1) is 7.11 Å². The monoisotopic (exact) mass is 318 g/mol. The summed E-state index contributed by atoms with van der Waals surface area (Å²) in [6.07, 6.45) is 0. The molecule has 0 saturated heterocycles.